The number of aliphatic imine (C=N–C) groups is 1. The third kappa shape index (κ3) is 5.54. The van der Waals surface area contributed by atoms with Gasteiger partial charge in [0, 0.05) is 19.8 Å². The molecule has 0 aliphatic carbocycles. The second-order valence-corrected chi connectivity index (χ2v) is 8.68. The number of amides is 1. The Hall–Kier alpha value is -1.40. The van der Waals surface area contributed by atoms with Gasteiger partial charge in [0.15, 0.2) is 0 Å². The molecule has 0 bridgehead atoms. The van der Waals surface area contributed by atoms with Gasteiger partial charge in [-0.3, -0.25) is 9.36 Å². The van der Waals surface area contributed by atoms with Gasteiger partial charge in [-0.2, -0.15) is 0 Å². The van der Waals surface area contributed by atoms with E-state index in [4.69, 9.17) is 9.05 Å². The van der Waals surface area contributed by atoms with Crippen LogP contribution in [0.4, 0.5) is 5.69 Å². The van der Waals surface area contributed by atoms with Gasteiger partial charge in [0.05, 0.1) is 29.3 Å². The van der Waals surface area contributed by atoms with Crippen LogP contribution in [-0.4, -0.2) is 44.4 Å². The zero-order chi connectivity index (χ0) is 18.4. The number of hydrogen-bond acceptors (Lipinski definition) is 6. The molecule has 0 aromatic heterocycles. The summed E-state index contributed by atoms with van der Waals surface area (Å²) in [6, 6.07) is 7.85. The fourth-order valence-electron chi connectivity index (χ4n) is 2.23. The van der Waals surface area contributed by atoms with Gasteiger partial charge in [-0.25, -0.2) is 4.99 Å². The van der Waals surface area contributed by atoms with Crippen LogP contribution in [0.2, 0.25) is 0 Å². The average Bonchev–Trinajstić information content (AvgIpc) is 2.87. The molecule has 6 nitrogen and oxygen atoms in total. The van der Waals surface area contributed by atoms with Gasteiger partial charge in [0.1, 0.15) is 0 Å². The number of hydrogen-bond donors (Lipinski definition) is 0. The van der Waals surface area contributed by atoms with Gasteiger partial charge >= 0.3 is 7.60 Å². The Labute approximate surface area is 152 Å². The van der Waals surface area contributed by atoms with Crippen LogP contribution in [0.5, 0.6) is 0 Å². The molecule has 25 heavy (non-hydrogen) atoms. The van der Waals surface area contributed by atoms with Crippen molar-refractivity contribution in [2.45, 2.75) is 13.8 Å². The minimum Gasteiger partial charge on any atom is -0.378 e. The minimum atomic E-state index is -3.26. The molecule has 0 radical (unpaired) electrons. The van der Waals surface area contributed by atoms with E-state index in [2.05, 4.69) is 4.99 Å². The van der Waals surface area contributed by atoms with Gasteiger partial charge in [-0.05, 0) is 37.6 Å². The molecule has 0 atom stereocenters. The summed E-state index contributed by atoms with van der Waals surface area (Å²) < 4.78 is 23.1. The molecular weight excluding hydrogens is 359 g/mol. The molecule has 1 aromatic carbocycles. The smallest absolute Gasteiger partial charge is 0.337 e. The highest BCUT2D eigenvalue weighted by molar-refractivity contribution is 8.19. The summed E-state index contributed by atoms with van der Waals surface area (Å²) in [5.41, 5.74) is 1.99. The minimum absolute atomic E-state index is 0.0159. The second-order valence-electron chi connectivity index (χ2n) is 5.51. The molecule has 1 heterocycles. The SMILES string of the molecule is CCOP(=O)(CC1=NC(=O)C(=Cc2ccc(N(C)C)cc2)S1)OCC. The lowest BCUT2D eigenvalue weighted by molar-refractivity contribution is -0.113. The quantitative estimate of drug-likeness (QED) is 0.499. The number of nitrogens with zero attached hydrogens (tertiary/aromatic N) is 2. The Morgan fingerprint density at radius 3 is 2.28 bits per heavy atom. The third-order valence-corrected chi connectivity index (χ3v) is 6.54. The van der Waals surface area contributed by atoms with Crippen LogP contribution in [0.3, 0.4) is 0 Å². The van der Waals surface area contributed by atoms with E-state index in [-0.39, 0.29) is 25.3 Å². The van der Waals surface area contributed by atoms with Gasteiger partial charge in [-0.1, -0.05) is 23.9 Å². The molecule has 1 aliphatic rings. The summed E-state index contributed by atoms with van der Waals surface area (Å²) >= 11 is 1.22. The van der Waals surface area contributed by atoms with Crippen molar-refractivity contribution in [3.8, 4) is 0 Å². The van der Waals surface area contributed by atoms with E-state index in [1.54, 1.807) is 19.9 Å². The molecule has 136 valence electrons. The third-order valence-electron chi connectivity index (χ3n) is 3.35. The van der Waals surface area contributed by atoms with E-state index in [1.807, 2.05) is 43.3 Å². The van der Waals surface area contributed by atoms with Crippen molar-refractivity contribution in [3.05, 3.63) is 34.7 Å². The predicted octanol–water partition coefficient (Wildman–Crippen LogP) is 4.03. The number of carbonyl (C=O) groups excluding carboxylic acids is 1. The zero-order valence-corrected chi connectivity index (χ0v) is 16.6. The maximum absolute atomic E-state index is 12.6. The Bertz CT molecular complexity index is 719. The Kier molecular flexibility index (Phi) is 7.02. The molecular formula is C17H23N2O4PS. The van der Waals surface area contributed by atoms with Crippen molar-refractivity contribution in [2.24, 2.45) is 4.99 Å². The van der Waals surface area contributed by atoms with Crippen LogP contribution in [0.25, 0.3) is 6.08 Å². The molecule has 8 heteroatoms. The number of carbonyl (C=O) groups is 1. The van der Waals surface area contributed by atoms with Crippen LogP contribution < -0.4 is 4.90 Å². The highest BCUT2D eigenvalue weighted by Gasteiger charge is 2.31. The number of rotatable bonds is 8. The monoisotopic (exact) mass is 382 g/mol. The lowest BCUT2D eigenvalue weighted by atomic mass is 10.2. The standard InChI is InChI=1S/C17H23N2O4PS/c1-5-22-24(21,23-6-2)12-16-18-17(20)15(25-16)11-13-7-9-14(10-8-13)19(3)4/h7-11H,5-6,12H2,1-4H3. The van der Waals surface area contributed by atoms with Crippen LogP contribution in [0, 0.1) is 0 Å². The van der Waals surface area contributed by atoms with Crippen LogP contribution in [-0.2, 0) is 18.4 Å². The van der Waals surface area contributed by atoms with E-state index in [0.29, 0.717) is 9.95 Å². The fourth-order valence-corrected chi connectivity index (χ4v) is 5.12. The number of anilines is 1. The largest absolute Gasteiger partial charge is 0.378 e. The van der Waals surface area contributed by atoms with Crippen LogP contribution >= 0.6 is 19.4 Å². The molecule has 0 unspecified atom stereocenters. The van der Waals surface area contributed by atoms with Crippen molar-refractivity contribution in [1.29, 1.82) is 0 Å². The molecule has 2 rings (SSSR count). The van der Waals surface area contributed by atoms with E-state index >= 15 is 0 Å². The van der Waals surface area contributed by atoms with Crippen molar-refractivity contribution in [2.75, 3.05) is 38.4 Å². The molecule has 0 saturated heterocycles. The molecule has 1 amide bonds. The lowest BCUT2D eigenvalue weighted by Gasteiger charge is -2.16. The lowest BCUT2D eigenvalue weighted by Crippen LogP contribution is -2.07. The first-order valence-corrected chi connectivity index (χ1v) is 10.6. The molecule has 0 spiro atoms. The van der Waals surface area contributed by atoms with E-state index in [1.165, 1.54) is 11.8 Å². The predicted molar refractivity (Wildman–Crippen MR) is 105 cm³/mol. The van der Waals surface area contributed by atoms with Crippen LogP contribution in [0.1, 0.15) is 19.4 Å². The van der Waals surface area contributed by atoms with Crippen molar-refractivity contribution in [3.63, 3.8) is 0 Å². The first-order chi connectivity index (χ1) is 11.9. The summed E-state index contributed by atoms with van der Waals surface area (Å²) in [5.74, 6) is -0.323. The summed E-state index contributed by atoms with van der Waals surface area (Å²) in [6.45, 7) is 4.07. The molecule has 1 aromatic rings. The first-order valence-electron chi connectivity index (χ1n) is 8.04. The van der Waals surface area contributed by atoms with Gasteiger partial charge in [-0.15, -0.1) is 0 Å². The fraction of sp³-hybridized carbons (Fsp3) is 0.412. The van der Waals surface area contributed by atoms with Crippen molar-refractivity contribution in [1.82, 2.24) is 0 Å². The average molecular weight is 382 g/mol. The maximum Gasteiger partial charge on any atom is 0.337 e. The summed E-state index contributed by atoms with van der Waals surface area (Å²) in [6.07, 6.45) is 1.80. The van der Waals surface area contributed by atoms with E-state index < -0.39 is 7.60 Å². The van der Waals surface area contributed by atoms with Crippen molar-refractivity contribution < 1.29 is 18.4 Å². The summed E-state index contributed by atoms with van der Waals surface area (Å²) in [4.78, 5) is 18.6. The number of thioether (sulfide) groups is 1. The van der Waals surface area contributed by atoms with Crippen molar-refractivity contribution >= 4 is 42.1 Å². The second kappa shape index (κ2) is 8.81. The Morgan fingerprint density at radius 2 is 1.76 bits per heavy atom. The van der Waals surface area contributed by atoms with E-state index in [9.17, 15) is 9.36 Å². The number of benzene rings is 1. The molecule has 0 N–H and O–H groups in total. The Balaban J connectivity index is 2.10. The summed E-state index contributed by atoms with van der Waals surface area (Å²) in [7, 11) is 0.684. The zero-order valence-electron chi connectivity index (χ0n) is 14.9. The Morgan fingerprint density at radius 1 is 1.16 bits per heavy atom. The molecule has 1 aliphatic heterocycles. The summed E-state index contributed by atoms with van der Waals surface area (Å²) in [5, 5.41) is 0.464. The van der Waals surface area contributed by atoms with E-state index in [0.717, 1.165) is 11.3 Å². The van der Waals surface area contributed by atoms with Gasteiger partial charge < -0.3 is 13.9 Å². The highest BCUT2D eigenvalue weighted by Crippen LogP contribution is 2.50. The molecule has 0 fully saturated rings. The first kappa shape index (κ1) is 19.9. The highest BCUT2D eigenvalue weighted by atomic mass is 32.2. The maximum atomic E-state index is 12.6. The molecule has 0 saturated carbocycles. The van der Waals surface area contributed by atoms with Gasteiger partial charge in [0.25, 0.3) is 5.91 Å². The topological polar surface area (TPSA) is 68.2 Å². The normalized spacial score (nSPS) is 16.4. The van der Waals surface area contributed by atoms with Gasteiger partial charge in [0.2, 0.25) is 0 Å². The van der Waals surface area contributed by atoms with Crippen LogP contribution in [0.15, 0.2) is 34.2 Å².